The molecule has 3 heterocycles. The molecule has 0 amide bonds. The third-order valence-electron chi connectivity index (χ3n) is 6.06. The number of benzene rings is 1. The minimum Gasteiger partial charge on any atom is -0.497 e. The average molecular weight is 575 g/mol. The maximum Gasteiger partial charge on any atom is 0.191 e. The van der Waals surface area contributed by atoms with Crippen LogP contribution in [0.1, 0.15) is 36.4 Å². The van der Waals surface area contributed by atoms with Crippen molar-refractivity contribution in [3.63, 3.8) is 0 Å². The van der Waals surface area contributed by atoms with Crippen LogP contribution < -0.4 is 15.4 Å². The molecule has 34 heavy (non-hydrogen) atoms. The molecule has 1 aliphatic rings. The number of likely N-dealkylation sites (tertiary alicyclic amines) is 1. The van der Waals surface area contributed by atoms with E-state index in [2.05, 4.69) is 48.7 Å². The molecule has 0 spiro atoms. The van der Waals surface area contributed by atoms with E-state index in [1.165, 1.54) is 24.8 Å². The Labute approximate surface area is 218 Å². The summed E-state index contributed by atoms with van der Waals surface area (Å²) < 4.78 is 7.23. The van der Waals surface area contributed by atoms with Gasteiger partial charge in [-0.25, -0.2) is 9.97 Å². The van der Waals surface area contributed by atoms with E-state index in [9.17, 15) is 0 Å². The Morgan fingerprint density at radius 1 is 1.09 bits per heavy atom. The number of nitrogens with one attached hydrogen (secondary N) is 2. The van der Waals surface area contributed by atoms with Gasteiger partial charge in [-0.05, 0) is 55.3 Å². The van der Waals surface area contributed by atoms with Crippen molar-refractivity contribution in [1.29, 1.82) is 0 Å². The molecule has 1 unspecified atom stereocenters. The van der Waals surface area contributed by atoms with E-state index in [0.717, 1.165) is 42.7 Å². The van der Waals surface area contributed by atoms with Crippen molar-refractivity contribution in [1.82, 2.24) is 30.1 Å². The number of methoxy groups -OCH3 is 1. The number of halogens is 1. The smallest absolute Gasteiger partial charge is 0.191 e. The zero-order valence-electron chi connectivity index (χ0n) is 19.9. The van der Waals surface area contributed by atoms with Gasteiger partial charge in [0, 0.05) is 38.7 Å². The van der Waals surface area contributed by atoms with Crippen LogP contribution in [-0.2, 0) is 6.54 Å². The monoisotopic (exact) mass is 575 g/mol. The Kier molecular flexibility index (Phi) is 10.1. The highest BCUT2D eigenvalue weighted by Crippen LogP contribution is 2.25. The Balaban J connectivity index is 0.00000324. The van der Waals surface area contributed by atoms with Gasteiger partial charge in [0.15, 0.2) is 5.96 Å². The number of hydrogen-bond acceptors (Lipinski definition) is 5. The topological polar surface area (TPSA) is 79.6 Å². The second-order valence-corrected chi connectivity index (χ2v) is 8.19. The average Bonchev–Trinajstić information content (AvgIpc) is 3.42. The Bertz CT molecular complexity index is 1000. The van der Waals surface area contributed by atoms with Crippen molar-refractivity contribution in [3.05, 3.63) is 72.4 Å². The summed E-state index contributed by atoms with van der Waals surface area (Å²) in [5.41, 5.74) is 2.38. The largest absolute Gasteiger partial charge is 0.497 e. The van der Waals surface area contributed by atoms with Gasteiger partial charge in [-0.15, -0.1) is 24.0 Å². The normalized spacial score (nSPS) is 15.3. The van der Waals surface area contributed by atoms with Crippen LogP contribution in [0.15, 0.2) is 66.3 Å². The summed E-state index contributed by atoms with van der Waals surface area (Å²) in [5.74, 6) is 2.51. The zero-order chi connectivity index (χ0) is 22.9. The van der Waals surface area contributed by atoms with E-state index in [1.54, 1.807) is 26.7 Å². The molecule has 0 saturated carbocycles. The summed E-state index contributed by atoms with van der Waals surface area (Å²) in [6, 6.07) is 12.8. The molecule has 182 valence electrons. The standard InChI is InChI=1S/C25H33N7O.HI/c1-26-25(29-17-20-6-11-24(28-16-20)32-15-12-27-19-32)30-18-23(31-13-4-3-5-14-31)21-7-9-22(33-2)10-8-21;/h6-12,15-16,19,23H,3-5,13-14,17-18H2,1-2H3,(H2,26,29,30);1H. The predicted molar refractivity (Wildman–Crippen MR) is 146 cm³/mol. The summed E-state index contributed by atoms with van der Waals surface area (Å²) in [5, 5.41) is 6.94. The maximum atomic E-state index is 5.34. The van der Waals surface area contributed by atoms with Crippen molar-refractivity contribution < 1.29 is 4.74 Å². The number of nitrogens with zero attached hydrogens (tertiary/aromatic N) is 5. The first kappa shape index (κ1) is 26.0. The molecule has 2 N–H and O–H groups in total. The van der Waals surface area contributed by atoms with Gasteiger partial charge in [0.25, 0.3) is 0 Å². The minimum atomic E-state index is 0. The molecule has 3 aromatic rings. The lowest BCUT2D eigenvalue weighted by atomic mass is 10.0. The van der Waals surface area contributed by atoms with Crippen LogP contribution in [0.25, 0.3) is 5.82 Å². The van der Waals surface area contributed by atoms with E-state index in [1.807, 2.05) is 35.2 Å². The first-order valence-electron chi connectivity index (χ1n) is 11.5. The van der Waals surface area contributed by atoms with Crippen LogP contribution in [0.4, 0.5) is 0 Å². The molecular weight excluding hydrogens is 541 g/mol. The number of piperidine rings is 1. The number of ether oxygens (including phenoxy) is 1. The highest BCUT2D eigenvalue weighted by atomic mass is 127. The van der Waals surface area contributed by atoms with Crippen molar-refractivity contribution in [2.24, 2.45) is 4.99 Å². The third kappa shape index (κ3) is 6.92. The second-order valence-electron chi connectivity index (χ2n) is 8.19. The fourth-order valence-electron chi connectivity index (χ4n) is 4.18. The molecule has 0 aliphatic carbocycles. The summed E-state index contributed by atoms with van der Waals surface area (Å²) in [6.07, 6.45) is 11.1. The fraction of sp³-hybridized carbons (Fsp3) is 0.400. The number of imidazole rings is 1. The summed E-state index contributed by atoms with van der Waals surface area (Å²) >= 11 is 0. The number of pyridine rings is 1. The molecule has 2 aromatic heterocycles. The Morgan fingerprint density at radius 3 is 2.50 bits per heavy atom. The maximum absolute atomic E-state index is 5.34. The summed E-state index contributed by atoms with van der Waals surface area (Å²) in [6.45, 7) is 3.68. The molecule has 1 atom stereocenters. The van der Waals surface area contributed by atoms with Crippen LogP contribution in [0.3, 0.4) is 0 Å². The van der Waals surface area contributed by atoms with Crippen molar-refractivity contribution in [2.75, 3.05) is 33.8 Å². The summed E-state index contributed by atoms with van der Waals surface area (Å²) in [4.78, 5) is 15.6. The fourth-order valence-corrected chi connectivity index (χ4v) is 4.18. The highest BCUT2D eigenvalue weighted by molar-refractivity contribution is 14.0. The van der Waals surface area contributed by atoms with Gasteiger partial charge >= 0.3 is 0 Å². The van der Waals surface area contributed by atoms with Crippen LogP contribution in [0.5, 0.6) is 5.75 Å². The molecule has 1 aromatic carbocycles. The van der Waals surface area contributed by atoms with Crippen molar-refractivity contribution in [2.45, 2.75) is 31.8 Å². The van der Waals surface area contributed by atoms with E-state index in [0.29, 0.717) is 6.54 Å². The second kappa shape index (κ2) is 13.3. The molecular formula is C25H34IN7O. The van der Waals surface area contributed by atoms with Gasteiger partial charge in [-0.1, -0.05) is 24.6 Å². The van der Waals surface area contributed by atoms with Gasteiger partial charge in [-0.2, -0.15) is 0 Å². The van der Waals surface area contributed by atoms with Crippen LogP contribution in [-0.4, -0.2) is 59.2 Å². The number of guanidine groups is 1. The first-order chi connectivity index (χ1) is 16.3. The lowest BCUT2D eigenvalue weighted by Gasteiger charge is -2.35. The predicted octanol–water partition coefficient (Wildman–Crippen LogP) is 3.79. The molecule has 0 radical (unpaired) electrons. The molecule has 0 bridgehead atoms. The number of aromatic nitrogens is 3. The lowest BCUT2D eigenvalue weighted by Crippen LogP contribution is -2.44. The molecule has 4 rings (SSSR count). The lowest BCUT2D eigenvalue weighted by molar-refractivity contribution is 0.164. The van der Waals surface area contributed by atoms with Crippen LogP contribution >= 0.6 is 24.0 Å². The van der Waals surface area contributed by atoms with Crippen molar-refractivity contribution >= 4 is 29.9 Å². The SMILES string of the molecule is CN=C(NCc1ccc(-n2ccnc2)nc1)NCC(c1ccc(OC)cc1)N1CCCCC1.I. The molecule has 1 aliphatic heterocycles. The van der Waals surface area contributed by atoms with E-state index >= 15 is 0 Å². The van der Waals surface area contributed by atoms with Gasteiger partial charge < -0.3 is 15.4 Å². The minimum absolute atomic E-state index is 0. The Hall–Kier alpha value is -2.66. The molecule has 9 heteroatoms. The number of aliphatic imine (C=N–C) groups is 1. The van der Waals surface area contributed by atoms with Crippen LogP contribution in [0, 0.1) is 0 Å². The van der Waals surface area contributed by atoms with E-state index in [4.69, 9.17) is 4.74 Å². The molecule has 8 nitrogen and oxygen atoms in total. The highest BCUT2D eigenvalue weighted by Gasteiger charge is 2.22. The zero-order valence-corrected chi connectivity index (χ0v) is 22.2. The number of hydrogen-bond donors (Lipinski definition) is 2. The van der Waals surface area contributed by atoms with Gasteiger partial charge in [0.1, 0.15) is 17.9 Å². The molecule has 1 saturated heterocycles. The van der Waals surface area contributed by atoms with Crippen molar-refractivity contribution in [3.8, 4) is 11.6 Å². The van der Waals surface area contributed by atoms with E-state index in [-0.39, 0.29) is 30.0 Å². The van der Waals surface area contributed by atoms with E-state index < -0.39 is 0 Å². The summed E-state index contributed by atoms with van der Waals surface area (Å²) in [7, 11) is 3.51. The van der Waals surface area contributed by atoms with Crippen LogP contribution in [0.2, 0.25) is 0 Å². The number of rotatable bonds is 8. The van der Waals surface area contributed by atoms with Gasteiger partial charge in [-0.3, -0.25) is 14.5 Å². The quantitative estimate of drug-likeness (QED) is 0.242. The van der Waals surface area contributed by atoms with Gasteiger partial charge in [0.05, 0.1) is 13.2 Å². The Morgan fingerprint density at radius 2 is 1.88 bits per heavy atom. The molecule has 1 fully saturated rings. The first-order valence-corrected chi connectivity index (χ1v) is 11.5. The third-order valence-corrected chi connectivity index (χ3v) is 6.06. The van der Waals surface area contributed by atoms with Gasteiger partial charge in [0.2, 0.25) is 0 Å².